The molecule has 1 aromatic heterocycles. The van der Waals surface area contributed by atoms with Gasteiger partial charge in [0.15, 0.2) is 5.82 Å². The van der Waals surface area contributed by atoms with Gasteiger partial charge in [-0.05, 0) is 43.4 Å². The van der Waals surface area contributed by atoms with E-state index in [4.69, 9.17) is 15.5 Å². The van der Waals surface area contributed by atoms with E-state index in [2.05, 4.69) is 18.7 Å². The zero-order valence-corrected chi connectivity index (χ0v) is 19.3. The van der Waals surface area contributed by atoms with E-state index in [9.17, 15) is 9.90 Å². The van der Waals surface area contributed by atoms with Gasteiger partial charge in [0, 0.05) is 44.3 Å². The Labute approximate surface area is 190 Å². The lowest BCUT2D eigenvalue weighted by atomic mass is 9.92. The summed E-state index contributed by atoms with van der Waals surface area (Å²) in [6.45, 7) is 6.62. The zero-order valence-electron chi connectivity index (χ0n) is 19.3. The molecule has 2 heterocycles. The molecule has 1 aromatic carbocycles. The number of benzene rings is 1. The van der Waals surface area contributed by atoms with E-state index >= 15 is 0 Å². The lowest BCUT2D eigenvalue weighted by Gasteiger charge is -2.41. The third kappa shape index (κ3) is 4.32. The summed E-state index contributed by atoms with van der Waals surface area (Å²) >= 11 is 0. The lowest BCUT2D eigenvalue weighted by molar-refractivity contribution is -0.134. The van der Waals surface area contributed by atoms with Crippen LogP contribution in [0.4, 0.5) is 11.5 Å². The molecule has 0 radical (unpaired) electrons. The molecule has 3 N–H and O–H groups in total. The smallest absolute Gasteiger partial charge is 0.225 e. The number of hydrogen-bond donors (Lipinski definition) is 2. The monoisotopic (exact) mass is 438 g/mol. The van der Waals surface area contributed by atoms with Crippen LogP contribution < -0.4 is 10.6 Å². The van der Waals surface area contributed by atoms with E-state index in [1.54, 1.807) is 7.11 Å². The van der Waals surface area contributed by atoms with Gasteiger partial charge in [0.25, 0.3) is 0 Å². The number of hydrogen-bond acceptors (Lipinski definition) is 6. The summed E-state index contributed by atoms with van der Waals surface area (Å²) in [5.41, 5.74) is 12.4. The molecule has 2 aliphatic rings. The highest BCUT2D eigenvalue weighted by molar-refractivity contribution is 5.83. The second kappa shape index (κ2) is 9.46. The number of aromatic nitrogens is 1. The highest BCUT2D eigenvalue weighted by Gasteiger charge is 2.34. The van der Waals surface area contributed by atoms with Crippen molar-refractivity contribution in [3.8, 4) is 11.1 Å². The average molecular weight is 439 g/mol. The molecule has 1 atom stereocenters. The maximum atomic E-state index is 12.5. The zero-order chi connectivity index (χ0) is 22.8. The highest BCUT2D eigenvalue weighted by Crippen LogP contribution is 2.47. The van der Waals surface area contributed by atoms with Crippen molar-refractivity contribution >= 4 is 17.4 Å². The Morgan fingerprint density at radius 1 is 1.28 bits per heavy atom. The number of carbonyl (C=O) groups excluding carboxylic acids is 1. The van der Waals surface area contributed by atoms with Crippen LogP contribution in [0.1, 0.15) is 48.9 Å². The summed E-state index contributed by atoms with van der Waals surface area (Å²) in [6, 6.07) is 8.02. The quantitative estimate of drug-likeness (QED) is 0.690. The first-order valence-electron chi connectivity index (χ1n) is 11.5. The Bertz CT molecular complexity index is 989. The largest absolute Gasteiger partial charge is 0.396 e. The van der Waals surface area contributed by atoms with Crippen LogP contribution >= 0.6 is 0 Å². The molecular formula is C25H34N4O3. The van der Waals surface area contributed by atoms with Gasteiger partial charge in [-0.15, -0.1) is 0 Å². The fourth-order valence-electron chi connectivity index (χ4n) is 4.71. The SMILES string of the molecule is COCCC(=O)N1CCN(c2nc(C3CC3)c(-c3ccccc3CO)c(C)c2N)C[C@H]1C. The molecular weight excluding hydrogens is 404 g/mol. The normalized spacial score (nSPS) is 18.8. The van der Waals surface area contributed by atoms with Gasteiger partial charge in [-0.2, -0.15) is 0 Å². The van der Waals surface area contributed by atoms with Gasteiger partial charge in [-0.3, -0.25) is 4.79 Å². The molecule has 1 aliphatic carbocycles. The molecule has 1 aliphatic heterocycles. The van der Waals surface area contributed by atoms with Crippen LogP contribution in [0.2, 0.25) is 0 Å². The number of pyridine rings is 1. The predicted molar refractivity (Wildman–Crippen MR) is 127 cm³/mol. The van der Waals surface area contributed by atoms with Crippen LogP contribution in [-0.4, -0.2) is 60.3 Å². The second-order valence-corrected chi connectivity index (χ2v) is 8.95. The van der Waals surface area contributed by atoms with E-state index < -0.39 is 0 Å². The molecule has 1 saturated carbocycles. The van der Waals surface area contributed by atoms with Gasteiger partial charge >= 0.3 is 0 Å². The van der Waals surface area contributed by atoms with Crippen LogP contribution in [0.15, 0.2) is 24.3 Å². The van der Waals surface area contributed by atoms with Crippen molar-refractivity contribution in [2.45, 2.75) is 51.7 Å². The minimum Gasteiger partial charge on any atom is -0.396 e. The molecule has 2 fully saturated rings. The van der Waals surface area contributed by atoms with Crippen LogP contribution in [0, 0.1) is 6.92 Å². The molecule has 7 heteroatoms. The van der Waals surface area contributed by atoms with Crippen LogP contribution in [0.25, 0.3) is 11.1 Å². The fourth-order valence-corrected chi connectivity index (χ4v) is 4.71. The number of piperazine rings is 1. The Kier molecular flexibility index (Phi) is 6.67. The van der Waals surface area contributed by atoms with Crippen molar-refractivity contribution in [2.75, 3.05) is 44.0 Å². The minimum atomic E-state index is -0.0159. The summed E-state index contributed by atoms with van der Waals surface area (Å²) in [5.74, 6) is 1.39. The first-order valence-corrected chi connectivity index (χ1v) is 11.5. The summed E-state index contributed by atoms with van der Waals surface area (Å²) in [5, 5.41) is 9.90. The fraction of sp³-hybridized carbons (Fsp3) is 0.520. The summed E-state index contributed by atoms with van der Waals surface area (Å²) in [7, 11) is 1.62. The molecule has 0 spiro atoms. The van der Waals surface area contributed by atoms with Crippen LogP contribution in [-0.2, 0) is 16.1 Å². The highest BCUT2D eigenvalue weighted by atomic mass is 16.5. The topological polar surface area (TPSA) is 91.9 Å². The van der Waals surface area contributed by atoms with Gasteiger partial charge in [0.05, 0.1) is 31.0 Å². The van der Waals surface area contributed by atoms with Gasteiger partial charge < -0.3 is 25.4 Å². The standard InChI is InChI=1S/C25H34N4O3/c1-16-14-28(11-12-29(16)21(31)10-13-32-3)25-23(26)17(2)22(24(27-25)18-8-9-18)20-7-5-4-6-19(20)15-30/h4-7,16,18,30H,8-15,26H2,1-3H3/t16-/m1/s1. The number of methoxy groups -OCH3 is 1. The minimum absolute atomic E-state index is 0.0159. The summed E-state index contributed by atoms with van der Waals surface area (Å²) in [6.07, 6.45) is 2.66. The summed E-state index contributed by atoms with van der Waals surface area (Å²) in [4.78, 5) is 21.8. The molecule has 0 bridgehead atoms. The van der Waals surface area contributed by atoms with Crippen molar-refractivity contribution in [1.82, 2.24) is 9.88 Å². The number of amides is 1. The Hall–Kier alpha value is -2.64. The lowest BCUT2D eigenvalue weighted by Crippen LogP contribution is -2.54. The van der Waals surface area contributed by atoms with Gasteiger partial charge in [0.1, 0.15) is 0 Å². The average Bonchev–Trinajstić information content (AvgIpc) is 3.64. The van der Waals surface area contributed by atoms with Gasteiger partial charge in [-0.25, -0.2) is 4.98 Å². The van der Waals surface area contributed by atoms with Crippen molar-refractivity contribution in [1.29, 1.82) is 0 Å². The number of aliphatic hydroxyl groups is 1. The molecule has 4 rings (SSSR count). The van der Waals surface area contributed by atoms with E-state index in [1.165, 1.54) is 0 Å². The van der Waals surface area contributed by atoms with E-state index in [0.717, 1.165) is 46.6 Å². The Morgan fingerprint density at radius 2 is 2.03 bits per heavy atom. The first-order chi connectivity index (χ1) is 15.5. The maximum Gasteiger partial charge on any atom is 0.225 e. The number of rotatable bonds is 7. The molecule has 0 unspecified atom stereocenters. The number of nitrogens with zero attached hydrogens (tertiary/aromatic N) is 3. The van der Waals surface area contributed by atoms with Crippen molar-refractivity contribution < 1.29 is 14.6 Å². The molecule has 172 valence electrons. The van der Waals surface area contributed by atoms with Crippen molar-refractivity contribution in [3.63, 3.8) is 0 Å². The van der Waals surface area contributed by atoms with Crippen molar-refractivity contribution in [2.24, 2.45) is 0 Å². The molecule has 2 aromatic rings. The number of carbonyl (C=O) groups is 1. The Morgan fingerprint density at radius 3 is 2.69 bits per heavy atom. The number of aliphatic hydroxyl groups excluding tert-OH is 1. The Balaban J connectivity index is 1.66. The number of anilines is 2. The molecule has 1 amide bonds. The second-order valence-electron chi connectivity index (χ2n) is 8.95. The molecule has 32 heavy (non-hydrogen) atoms. The van der Waals surface area contributed by atoms with E-state index in [1.807, 2.05) is 29.2 Å². The molecule has 7 nitrogen and oxygen atoms in total. The number of ether oxygens (including phenoxy) is 1. The predicted octanol–water partition coefficient (Wildman–Crippen LogP) is 3.08. The molecule has 1 saturated heterocycles. The summed E-state index contributed by atoms with van der Waals surface area (Å²) < 4.78 is 5.06. The number of nitrogens with two attached hydrogens (primary N) is 1. The van der Waals surface area contributed by atoms with Crippen LogP contribution in [0.3, 0.4) is 0 Å². The maximum absolute atomic E-state index is 12.5. The first kappa shape index (κ1) is 22.6. The van der Waals surface area contributed by atoms with E-state index in [-0.39, 0.29) is 18.6 Å². The number of nitrogen functional groups attached to an aromatic ring is 1. The van der Waals surface area contributed by atoms with Crippen LogP contribution in [0.5, 0.6) is 0 Å². The third-order valence-corrected chi connectivity index (χ3v) is 6.69. The van der Waals surface area contributed by atoms with Crippen molar-refractivity contribution in [3.05, 3.63) is 41.1 Å². The van der Waals surface area contributed by atoms with Gasteiger partial charge in [-0.1, -0.05) is 24.3 Å². The van der Waals surface area contributed by atoms with Gasteiger partial charge in [0.2, 0.25) is 5.91 Å². The third-order valence-electron chi connectivity index (χ3n) is 6.69. The van der Waals surface area contributed by atoms with E-state index in [0.29, 0.717) is 44.3 Å².